The van der Waals surface area contributed by atoms with E-state index < -0.39 is 5.60 Å². The largest absolute Gasteiger partial charge is 0.433 e. The first-order valence-corrected chi connectivity index (χ1v) is 8.06. The zero-order valence-electron chi connectivity index (χ0n) is 12.6. The van der Waals surface area contributed by atoms with Crippen LogP contribution in [0.5, 0.6) is 0 Å². The summed E-state index contributed by atoms with van der Waals surface area (Å²) in [5, 5.41) is 14.5. The van der Waals surface area contributed by atoms with Crippen molar-refractivity contribution >= 4 is 17.6 Å². The number of nitrogens with one attached hydrogen (secondary N) is 1. The van der Waals surface area contributed by atoms with Gasteiger partial charge in [-0.25, -0.2) is 4.79 Å². The van der Waals surface area contributed by atoms with E-state index in [2.05, 4.69) is 17.2 Å². The molecule has 1 aliphatic carbocycles. The quantitative estimate of drug-likeness (QED) is 0.645. The van der Waals surface area contributed by atoms with Gasteiger partial charge in [0, 0.05) is 16.6 Å². The first-order chi connectivity index (χ1) is 11.0. The third-order valence-corrected chi connectivity index (χ3v) is 4.44. The molecule has 1 heterocycles. The van der Waals surface area contributed by atoms with Crippen LogP contribution in [0.3, 0.4) is 0 Å². The zero-order valence-corrected chi connectivity index (χ0v) is 13.3. The third-order valence-electron chi connectivity index (χ3n) is 4.20. The monoisotopic (exact) mass is 331 g/mol. The number of cyclic esters (lactones) is 1. The van der Waals surface area contributed by atoms with Gasteiger partial charge in [-0.3, -0.25) is 5.32 Å². The molecule has 0 radical (unpaired) electrons. The minimum Gasteiger partial charge on any atom is -0.433 e. The van der Waals surface area contributed by atoms with Gasteiger partial charge in [0.2, 0.25) is 0 Å². The van der Waals surface area contributed by atoms with Crippen molar-refractivity contribution in [2.45, 2.75) is 43.4 Å². The molecule has 0 saturated heterocycles. The summed E-state index contributed by atoms with van der Waals surface area (Å²) < 4.78 is 4.78. The smallest absolute Gasteiger partial charge is 0.332 e. The Bertz CT molecular complexity index is 681. The minimum absolute atomic E-state index is 0.184. The molecule has 1 aromatic carbocycles. The van der Waals surface area contributed by atoms with Crippen molar-refractivity contribution in [3.05, 3.63) is 47.2 Å². The highest BCUT2D eigenvalue weighted by Gasteiger charge is 2.33. The first kappa shape index (κ1) is 16.1. The number of esters is 1. The van der Waals surface area contributed by atoms with Crippen molar-refractivity contribution in [2.75, 3.05) is 0 Å². The lowest BCUT2D eigenvalue weighted by molar-refractivity contribution is -0.137. The van der Waals surface area contributed by atoms with Gasteiger partial charge >= 0.3 is 5.97 Å². The lowest BCUT2D eigenvalue weighted by Crippen LogP contribution is -2.45. The van der Waals surface area contributed by atoms with Crippen LogP contribution in [0.25, 0.3) is 0 Å². The highest BCUT2D eigenvalue weighted by atomic mass is 35.5. The topological polar surface area (TPSA) is 58.6 Å². The van der Waals surface area contributed by atoms with Gasteiger partial charge in [0.25, 0.3) is 0 Å². The number of hydrogen-bond acceptors (Lipinski definition) is 4. The van der Waals surface area contributed by atoms with Crippen LogP contribution in [0.2, 0.25) is 5.02 Å². The number of aliphatic hydroxyl groups is 1. The molecule has 1 unspecified atom stereocenters. The van der Waals surface area contributed by atoms with E-state index >= 15 is 0 Å². The lowest BCUT2D eigenvalue weighted by Gasteiger charge is -2.33. The van der Waals surface area contributed by atoms with E-state index in [4.69, 9.17) is 16.3 Å². The number of hydrogen-bond donors (Lipinski definition) is 2. The molecule has 2 N–H and O–H groups in total. The summed E-state index contributed by atoms with van der Waals surface area (Å²) >= 11 is 5.93. The maximum absolute atomic E-state index is 11.4. The molecule has 23 heavy (non-hydrogen) atoms. The van der Waals surface area contributed by atoms with Gasteiger partial charge in [-0.05, 0) is 50.0 Å². The second kappa shape index (κ2) is 6.76. The minimum atomic E-state index is -0.980. The van der Waals surface area contributed by atoms with Crippen LogP contribution in [0.15, 0.2) is 36.6 Å². The van der Waals surface area contributed by atoms with Crippen LogP contribution in [0.1, 0.15) is 31.2 Å². The van der Waals surface area contributed by atoms with E-state index in [1.165, 1.54) is 6.26 Å². The van der Waals surface area contributed by atoms with E-state index in [0.717, 1.165) is 18.4 Å². The lowest BCUT2D eigenvalue weighted by atomic mass is 9.82. The van der Waals surface area contributed by atoms with Gasteiger partial charge in [0.05, 0.1) is 6.26 Å². The fourth-order valence-electron chi connectivity index (χ4n) is 2.86. The summed E-state index contributed by atoms with van der Waals surface area (Å²) in [6.45, 7) is 0. The van der Waals surface area contributed by atoms with E-state index in [1.54, 1.807) is 18.2 Å². The normalized spacial score (nSPS) is 29.7. The molecule has 120 valence electrons. The number of carbonyl (C=O) groups is 1. The molecule has 2 aliphatic rings. The Morgan fingerprint density at radius 3 is 2.78 bits per heavy atom. The molecule has 0 bridgehead atoms. The van der Waals surface area contributed by atoms with Crippen LogP contribution in [-0.2, 0) is 9.53 Å². The van der Waals surface area contributed by atoms with E-state index in [1.807, 2.05) is 12.1 Å². The van der Waals surface area contributed by atoms with Crippen molar-refractivity contribution < 1.29 is 14.6 Å². The summed E-state index contributed by atoms with van der Waals surface area (Å²) in [4.78, 5) is 11.4. The van der Waals surface area contributed by atoms with Gasteiger partial charge < -0.3 is 9.84 Å². The van der Waals surface area contributed by atoms with E-state index in [-0.39, 0.29) is 18.1 Å². The number of ether oxygens (including phenoxy) is 1. The van der Waals surface area contributed by atoms with E-state index in [0.29, 0.717) is 17.9 Å². The Kier molecular flexibility index (Phi) is 4.72. The molecule has 5 heteroatoms. The summed E-state index contributed by atoms with van der Waals surface area (Å²) in [6, 6.07) is 7.09. The van der Waals surface area contributed by atoms with Crippen LogP contribution in [-0.4, -0.2) is 28.8 Å². The van der Waals surface area contributed by atoms with E-state index in [9.17, 15) is 9.90 Å². The van der Waals surface area contributed by atoms with Crippen molar-refractivity contribution in [3.8, 4) is 11.8 Å². The second-order valence-electron chi connectivity index (χ2n) is 5.98. The summed E-state index contributed by atoms with van der Waals surface area (Å²) in [6.07, 6.45) is 5.79. The van der Waals surface area contributed by atoms with Crippen LogP contribution >= 0.6 is 11.6 Å². The number of halogens is 1. The van der Waals surface area contributed by atoms with Crippen molar-refractivity contribution in [1.82, 2.24) is 5.32 Å². The number of rotatable bonds is 2. The Morgan fingerprint density at radius 1 is 1.35 bits per heavy atom. The second-order valence-corrected chi connectivity index (χ2v) is 6.41. The van der Waals surface area contributed by atoms with Crippen molar-refractivity contribution in [1.29, 1.82) is 0 Å². The standard InChI is InChI=1S/C18H18ClNO3/c19-14-3-1-2-13(12-14)4-8-18(22)9-5-15(6-10-18)20-16-7-11-23-17(16)21/h1-3,7,11-12,15-16,20,22H,5-6,9-10H2. The Labute approximate surface area is 140 Å². The van der Waals surface area contributed by atoms with Gasteiger partial charge in [0.1, 0.15) is 11.6 Å². The highest BCUT2D eigenvalue weighted by Crippen LogP contribution is 2.28. The predicted octanol–water partition coefficient (Wildman–Crippen LogP) is 2.39. The van der Waals surface area contributed by atoms with Crippen LogP contribution in [0, 0.1) is 11.8 Å². The van der Waals surface area contributed by atoms with Gasteiger partial charge in [-0.1, -0.05) is 29.5 Å². The van der Waals surface area contributed by atoms with Gasteiger partial charge in [-0.2, -0.15) is 0 Å². The average molecular weight is 332 g/mol. The third kappa shape index (κ3) is 4.14. The molecule has 4 nitrogen and oxygen atoms in total. The maximum Gasteiger partial charge on any atom is 0.332 e. The van der Waals surface area contributed by atoms with Crippen LogP contribution < -0.4 is 5.32 Å². The van der Waals surface area contributed by atoms with Gasteiger partial charge in [-0.15, -0.1) is 0 Å². The Balaban J connectivity index is 1.57. The average Bonchev–Trinajstić information content (AvgIpc) is 2.93. The molecule has 3 rings (SSSR count). The summed E-state index contributed by atoms with van der Waals surface area (Å²) in [5.74, 6) is 5.71. The van der Waals surface area contributed by atoms with Gasteiger partial charge in [0.15, 0.2) is 0 Å². The fourth-order valence-corrected chi connectivity index (χ4v) is 3.05. The molecular formula is C18H18ClNO3. The molecule has 0 aromatic heterocycles. The molecule has 1 atom stereocenters. The fraction of sp³-hybridized carbons (Fsp3) is 0.389. The molecule has 0 amide bonds. The van der Waals surface area contributed by atoms with Crippen LogP contribution in [0.4, 0.5) is 0 Å². The predicted molar refractivity (Wildman–Crippen MR) is 87.7 cm³/mol. The summed E-state index contributed by atoms with van der Waals surface area (Å²) in [7, 11) is 0. The Morgan fingerprint density at radius 2 is 2.13 bits per heavy atom. The molecule has 1 aromatic rings. The molecular weight excluding hydrogens is 314 g/mol. The zero-order chi connectivity index (χ0) is 16.3. The molecule has 1 aliphatic heterocycles. The Hall–Kier alpha value is -1.80. The first-order valence-electron chi connectivity index (χ1n) is 7.68. The molecule has 0 spiro atoms. The highest BCUT2D eigenvalue weighted by molar-refractivity contribution is 6.30. The molecule has 1 saturated carbocycles. The SMILES string of the molecule is O=C1OC=CC1NC1CCC(O)(C#Cc2cccc(Cl)c2)CC1. The van der Waals surface area contributed by atoms with Crippen molar-refractivity contribution in [3.63, 3.8) is 0 Å². The molecule has 1 fully saturated rings. The van der Waals surface area contributed by atoms with Crippen molar-refractivity contribution in [2.24, 2.45) is 0 Å². The number of benzene rings is 1. The number of carbonyl (C=O) groups excluding carboxylic acids is 1. The summed E-state index contributed by atoms with van der Waals surface area (Å²) in [5.41, 5.74) is -0.183. The maximum atomic E-state index is 11.4.